The highest BCUT2D eigenvalue weighted by Gasteiger charge is 2.16. The summed E-state index contributed by atoms with van der Waals surface area (Å²) in [5.41, 5.74) is 0. The summed E-state index contributed by atoms with van der Waals surface area (Å²) in [6.45, 7) is 4.03. The van der Waals surface area contributed by atoms with Gasteiger partial charge in [0.2, 0.25) is 0 Å². The zero-order valence-electron chi connectivity index (χ0n) is 52.3. The average molecular weight is 1110 g/mol. The number of allylic oxidation sites excluding steroid dienone is 22. The van der Waals surface area contributed by atoms with Crippen molar-refractivity contribution in [3.63, 3.8) is 0 Å². The fraction of sp³-hybridized carbons (Fsp3) is 0.680. The van der Waals surface area contributed by atoms with Gasteiger partial charge in [-0.15, -0.1) is 0 Å². The summed E-state index contributed by atoms with van der Waals surface area (Å²) in [5, 5.41) is 9.70. The van der Waals surface area contributed by atoms with E-state index < -0.39 is 6.10 Å². The monoisotopic (exact) mass is 1110 g/mol. The quantitative estimate of drug-likeness (QED) is 0.0373. The Hall–Kier alpha value is -3.96. The molecule has 0 aliphatic carbocycles. The number of esters is 2. The largest absolute Gasteiger partial charge is 0.462 e. The molecule has 0 heterocycles. The van der Waals surface area contributed by atoms with Crippen molar-refractivity contribution in [2.45, 2.75) is 315 Å². The van der Waals surface area contributed by atoms with Gasteiger partial charge in [0.1, 0.15) is 6.61 Å². The van der Waals surface area contributed by atoms with Gasteiger partial charge in [-0.25, -0.2) is 0 Å². The Morgan fingerprint density at radius 3 is 0.812 bits per heavy atom. The Morgan fingerprint density at radius 2 is 0.537 bits per heavy atom. The lowest BCUT2D eigenvalue weighted by atomic mass is 10.0. The average Bonchev–Trinajstić information content (AvgIpc) is 3.46. The molecule has 80 heavy (non-hydrogen) atoms. The van der Waals surface area contributed by atoms with Crippen LogP contribution in [0.15, 0.2) is 134 Å². The summed E-state index contributed by atoms with van der Waals surface area (Å²) >= 11 is 0. The van der Waals surface area contributed by atoms with E-state index in [1.54, 1.807) is 0 Å². The van der Waals surface area contributed by atoms with Gasteiger partial charge < -0.3 is 14.6 Å². The van der Waals surface area contributed by atoms with Crippen LogP contribution in [0.3, 0.4) is 0 Å². The highest BCUT2D eigenvalue weighted by molar-refractivity contribution is 5.70. The van der Waals surface area contributed by atoms with Gasteiger partial charge >= 0.3 is 11.9 Å². The van der Waals surface area contributed by atoms with E-state index in [2.05, 4.69) is 148 Å². The second-order valence-corrected chi connectivity index (χ2v) is 22.2. The molecule has 0 bridgehead atoms. The van der Waals surface area contributed by atoms with Crippen molar-refractivity contribution in [1.29, 1.82) is 0 Å². The molecule has 0 aromatic heterocycles. The van der Waals surface area contributed by atoms with Crippen molar-refractivity contribution >= 4 is 11.9 Å². The molecule has 0 saturated carbocycles. The van der Waals surface area contributed by atoms with Crippen LogP contribution in [0.25, 0.3) is 0 Å². The van der Waals surface area contributed by atoms with Crippen molar-refractivity contribution in [2.75, 3.05) is 13.2 Å². The molecule has 0 aliphatic rings. The molecule has 456 valence electrons. The summed E-state index contributed by atoms with van der Waals surface area (Å²) in [5.74, 6) is -0.593. The van der Waals surface area contributed by atoms with Gasteiger partial charge in [0.25, 0.3) is 0 Å². The van der Waals surface area contributed by atoms with Crippen LogP contribution in [0.5, 0.6) is 0 Å². The van der Waals surface area contributed by atoms with Crippen LogP contribution < -0.4 is 0 Å². The number of carbonyl (C=O) groups is 2. The molecule has 0 aromatic rings. The third kappa shape index (κ3) is 66.6. The number of unbranched alkanes of at least 4 members (excludes halogenated alkanes) is 31. The molecule has 0 amide bonds. The normalized spacial score (nSPS) is 13.1. The first-order chi connectivity index (χ1) is 39.6. The molecule has 0 aromatic carbocycles. The van der Waals surface area contributed by atoms with Crippen molar-refractivity contribution in [2.24, 2.45) is 0 Å². The summed E-state index contributed by atoms with van der Waals surface area (Å²) in [6.07, 6.45) is 103. The van der Waals surface area contributed by atoms with E-state index in [0.29, 0.717) is 12.8 Å². The molecule has 1 atom stereocenters. The first-order valence-electron chi connectivity index (χ1n) is 33.7. The zero-order chi connectivity index (χ0) is 57.6. The van der Waals surface area contributed by atoms with Crippen LogP contribution in [-0.2, 0) is 19.1 Å². The van der Waals surface area contributed by atoms with Gasteiger partial charge in [-0.05, 0) is 116 Å². The Morgan fingerprint density at radius 1 is 0.300 bits per heavy atom. The molecule has 0 rings (SSSR count). The number of hydrogen-bond donors (Lipinski definition) is 1. The van der Waals surface area contributed by atoms with E-state index >= 15 is 0 Å². The second kappa shape index (κ2) is 69.3. The van der Waals surface area contributed by atoms with Crippen LogP contribution in [0, 0.1) is 0 Å². The Balaban J connectivity index is 3.52. The molecule has 0 aliphatic heterocycles. The third-order valence-corrected chi connectivity index (χ3v) is 14.4. The number of carbonyl (C=O) groups excluding carboxylic acids is 2. The lowest BCUT2D eigenvalue weighted by molar-refractivity contribution is -0.161. The van der Waals surface area contributed by atoms with E-state index in [0.717, 1.165) is 103 Å². The zero-order valence-corrected chi connectivity index (χ0v) is 52.3. The van der Waals surface area contributed by atoms with E-state index in [-0.39, 0.29) is 25.2 Å². The maximum atomic E-state index is 12.4. The standard InChI is InChI=1S/C75H126O5/c1-3-5-7-9-11-13-15-17-19-21-23-25-27-29-31-33-35-36-37-38-40-42-44-46-48-50-52-54-56-58-60-62-64-66-68-70-75(78)80-73(71-76)72-79-74(77)69-67-65-63-61-59-57-55-53-51-49-47-45-43-41-39-34-32-30-28-26-24-22-20-18-16-14-12-10-8-6-4-2/h5,7,11,13,16-19,22-25,28-31,35-36,38,40,44,46,73,76H,3-4,6,8-10,12,14-15,20-21,26-27,32-34,37,39,41-43,45,47-72H2,1-2H3/b7-5-,13-11-,18-16-,19-17-,24-22-,25-23-,30-28-,31-29-,36-35-,40-38-,46-44-. The number of hydrogen-bond acceptors (Lipinski definition) is 5. The SMILES string of the molecule is CC/C=C\C/C=C\C/C=C\C/C=C\C/C=C\C/C=C\C/C=C\C/C=C\CCCCCCCCCCCCC(=O)OC(CO)COC(=O)CCCCCCCCCCCCCCCCCC/C=C\C/C=C\C/C=C\CCCCCCC. The maximum Gasteiger partial charge on any atom is 0.306 e. The van der Waals surface area contributed by atoms with E-state index in [1.165, 1.54) is 180 Å². The Labute approximate surface area is 496 Å². The molecule has 0 radical (unpaired) electrons. The van der Waals surface area contributed by atoms with E-state index in [1.807, 2.05) is 0 Å². The molecule has 5 nitrogen and oxygen atoms in total. The summed E-state index contributed by atoms with van der Waals surface area (Å²) in [6, 6.07) is 0. The highest BCUT2D eigenvalue weighted by Crippen LogP contribution is 2.17. The van der Waals surface area contributed by atoms with E-state index in [9.17, 15) is 14.7 Å². The topological polar surface area (TPSA) is 72.8 Å². The molecule has 1 N–H and O–H groups in total. The Bertz CT molecular complexity index is 1630. The summed E-state index contributed by atoms with van der Waals surface area (Å²) < 4.78 is 10.7. The number of aliphatic hydroxyl groups is 1. The molecule has 0 fully saturated rings. The molecule has 0 spiro atoms. The van der Waals surface area contributed by atoms with Crippen LogP contribution >= 0.6 is 0 Å². The predicted molar refractivity (Wildman–Crippen MR) is 352 cm³/mol. The van der Waals surface area contributed by atoms with Gasteiger partial charge in [-0.2, -0.15) is 0 Å². The lowest BCUT2D eigenvalue weighted by Crippen LogP contribution is -2.28. The summed E-state index contributed by atoms with van der Waals surface area (Å²) in [7, 11) is 0. The number of aliphatic hydroxyl groups excluding tert-OH is 1. The Kier molecular flexibility index (Phi) is 65.9. The van der Waals surface area contributed by atoms with Gasteiger partial charge in [0.15, 0.2) is 6.10 Å². The predicted octanol–water partition coefficient (Wildman–Crippen LogP) is 23.5. The van der Waals surface area contributed by atoms with Crippen LogP contribution in [0.4, 0.5) is 0 Å². The van der Waals surface area contributed by atoms with Crippen molar-refractivity contribution in [1.82, 2.24) is 0 Å². The molecular formula is C75H126O5. The number of rotatable bonds is 61. The maximum absolute atomic E-state index is 12.4. The van der Waals surface area contributed by atoms with E-state index in [4.69, 9.17) is 9.47 Å². The van der Waals surface area contributed by atoms with Crippen molar-refractivity contribution in [3.8, 4) is 0 Å². The number of ether oxygens (including phenoxy) is 2. The van der Waals surface area contributed by atoms with Crippen LogP contribution in [0.1, 0.15) is 309 Å². The lowest BCUT2D eigenvalue weighted by Gasteiger charge is -2.15. The van der Waals surface area contributed by atoms with Crippen molar-refractivity contribution in [3.05, 3.63) is 134 Å². The van der Waals surface area contributed by atoms with Gasteiger partial charge in [-0.3, -0.25) is 9.59 Å². The fourth-order valence-corrected chi connectivity index (χ4v) is 9.40. The second-order valence-electron chi connectivity index (χ2n) is 22.2. The van der Waals surface area contributed by atoms with Gasteiger partial charge in [-0.1, -0.05) is 314 Å². The van der Waals surface area contributed by atoms with Crippen LogP contribution in [0.2, 0.25) is 0 Å². The molecule has 5 heteroatoms. The van der Waals surface area contributed by atoms with Gasteiger partial charge in [0, 0.05) is 12.8 Å². The first kappa shape index (κ1) is 76.0. The van der Waals surface area contributed by atoms with Crippen LogP contribution in [-0.4, -0.2) is 36.4 Å². The summed E-state index contributed by atoms with van der Waals surface area (Å²) in [4.78, 5) is 24.6. The minimum Gasteiger partial charge on any atom is -0.462 e. The molecule has 1 unspecified atom stereocenters. The first-order valence-corrected chi connectivity index (χ1v) is 33.7. The third-order valence-electron chi connectivity index (χ3n) is 14.4. The van der Waals surface area contributed by atoms with Gasteiger partial charge in [0.05, 0.1) is 6.61 Å². The highest BCUT2D eigenvalue weighted by atomic mass is 16.6. The minimum absolute atomic E-state index is 0.0724. The molecular weight excluding hydrogens is 981 g/mol. The molecule has 0 saturated heterocycles. The van der Waals surface area contributed by atoms with Crippen molar-refractivity contribution < 1.29 is 24.2 Å². The minimum atomic E-state index is -0.784. The fourth-order valence-electron chi connectivity index (χ4n) is 9.40. The smallest absolute Gasteiger partial charge is 0.306 e.